The van der Waals surface area contributed by atoms with Crippen molar-refractivity contribution in [1.82, 2.24) is 0 Å². The average molecular weight is 140 g/mol. The lowest BCUT2D eigenvalue weighted by molar-refractivity contribution is -0.158. The van der Waals surface area contributed by atoms with Crippen molar-refractivity contribution in [1.29, 1.82) is 0 Å². The minimum Gasteiger partial charge on any atom is -0.467 e. The molecular weight excluding hydrogens is 134 g/mol. The van der Waals surface area contributed by atoms with Crippen LogP contribution in [0, 0.1) is 0 Å². The van der Waals surface area contributed by atoms with Crippen LogP contribution in [0.15, 0.2) is 0 Å². The van der Waals surface area contributed by atoms with Gasteiger partial charge in [0.15, 0.2) is 0 Å². The molecule has 0 heterocycles. The van der Waals surface area contributed by atoms with Crippen molar-refractivity contribution < 1.29 is 23.4 Å². The summed E-state index contributed by atoms with van der Waals surface area (Å²) >= 11 is 0. The Morgan fingerprint density at radius 1 is 1.67 bits per heavy atom. The Morgan fingerprint density at radius 2 is 2.11 bits per heavy atom. The number of esters is 1. The Bertz CT molecular complexity index is 104. The molecule has 5 heteroatoms. The van der Waals surface area contributed by atoms with Gasteiger partial charge in [-0.2, -0.15) is 0 Å². The van der Waals surface area contributed by atoms with Crippen molar-refractivity contribution in [2.45, 2.75) is 12.5 Å². The van der Waals surface area contributed by atoms with Gasteiger partial charge in [0.2, 0.25) is 6.10 Å². The summed E-state index contributed by atoms with van der Waals surface area (Å²) in [4.78, 5) is 10.0. The first-order valence-electron chi connectivity index (χ1n) is 2.13. The molecule has 1 N–H and O–H groups in total. The van der Waals surface area contributed by atoms with Crippen LogP contribution in [-0.2, 0) is 9.53 Å². The molecule has 0 aliphatic rings. The number of rotatable bonds is 2. The number of carbonyl (C=O) groups excluding carboxylic acids is 1. The first kappa shape index (κ1) is 8.29. The summed E-state index contributed by atoms with van der Waals surface area (Å²) in [6, 6.07) is 0. The van der Waals surface area contributed by atoms with E-state index in [-0.39, 0.29) is 0 Å². The summed E-state index contributed by atoms with van der Waals surface area (Å²) in [7, 11) is 0.925. The van der Waals surface area contributed by atoms with Gasteiger partial charge in [-0.15, -0.1) is 0 Å². The minimum atomic E-state index is -3.07. The number of ether oxygens (including phenoxy) is 1. The number of alkyl halides is 2. The van der Waals surface area contributed by atoms with Gasteiger partial charge in [-0.25, -0.2) is 13.6 Å². The molecule has 3 nitrogen and oxygen atoms in total. The van der Waals surface area contributed by atoms with E-state index in [1.807, 2.05) is 0 Å². The number of halogens is 2. The fourth-order valence-corrected chi connectivity index (χ4v) is 0.224. The fourth-order valence-electron chi connectivity index (χ4n) is 0.224. The van der Waals surface area contributed by atoms with Crippen LogP contribution in [0.25, 0.3) is 0 Å². The number of aliphatic hydroxyl groups excluding tert-OH is 1. The van der Waals surface area contributed by atoms with Crippen LogP contribution in [0.3, 0.4) is 0 Å². The van der Waals surface area contributed by atoms with Crippen LogP contribution < -0.4 is 0 Å². The van der Waals surface area contributed by atoms with Crippen molar-refractivity contribution in [3.05, 3.63) is 0 Å². The maximum Gasteiger partial charge on any atom is 0.340 e. The van der Waals surface area contributed by atoms with E-state index in [2.05, 4.69) is 4.74 Å². The maximum atomic E-state index is 11.3. The monoisotopic (exact) mass is 140 g/mol. The molecule has 0 aromatic carbocycles. The maximum absolute atomic E-state index is 11.3. The topological polar surface area (TPSA) is 46.5 Å². The molecule has 54 valence electrons. The summed E-state index contributed by atoms with van der Waals surface area (Å²) < 4.78 is 26.4. The zero-order valence-corrected chi connectivity index (χ0v) is 4.67. The van der Waals surface area contributed by atoms with Gasteiger partial charge in [0.05, 0.1) is 7.11 Å². The van der Waals surface area contributed by atoms with Crippen LogP contribution in [0.2, 0.25) is 0 Å². The van der Waals surface area contributed by atoms with E-state index in [0.29, 0.717) is 0 Å². The molecular formula is C4H6F2O3. The summed E-state index contributed by atoms with van der Waals surface area (Å²) in [6.45, 7) is 0. The van der Waals surface area contributed by atoms with Gasteiger partial charge in [0, 0.05) is 0 Å². The highest BCUT2D eigenvalue weighted by atomic mass is 19.3. The minimum absolute atomic E-state index is 0.925. The van der Waals surface area contributed by atoms with Crippen LogP contribution >= 0.6 is 0 Å². The van der Waals surface area contributed by atoms with E-state index in [0.717, 1.165) is 7.11 Å². The number of carbonyl (C=O) groups is 1. The van der Waals surface area contributed by atoms with E-state index < -0.39 is 18.5 Å². The predicted molar refractivity (Wildman–Crippen MR) is 24.0 cm³/mol. The fraction of sp³-hybridized carbons (Fsp3) is 0.750. The molecule has 9 heavy (non-hydrogen) atoms. The van der Waals surface area contributed by atoms with Crippen LogP contribution in [0.1, 0.15) is 0 Å². The Morgan fingerprint density at radius 3 is 2.22 bits per heavy atom. The molecule has 0 rings (SSSR count). The zero-order chi connectivity index (χ0) is 7.44. The molecule has 0 saturated heterocycles. The summed E-state index contributed by atoms with van der Waals surface area (Å²) in [5.41, 5.74) is 0. The summed E-state index contributed by atoms with van der Waals surface area (Å²) in [5, 5.41) is 8.17. The van der Waals surface area contributed by atoms with E-state index in [1.54, 1.807) is 0 Å². The second kappa shape index (κ2) is 3.34. The molecule has 1 atom stereocenters. The number of methoxy groups -OCH3 is 1. The lowest BCUT2D eigenvalue weighted by Crippen LogP contribution is -2.28. The van der Waals surface area contributed by atoms with Crippen molar-refractivity contribution in [3.8, 4) is 0 Å². The SMILES string of the molecule is COC(=O)[C@@H](O)C(F)F. The Kier molecular flexibility index (Phi) is 3.08. The first-order valence-corrected chi connectivity index (χ1v) is 2.13. The molecule has 0 aromatic rings. The molecule has 0 amide bonds. The van der Waals surface area contributed by atoms with E-state index in [4.69, 9.17) is 5.11 Å². The van der Waals surface area contributed by atoms with Gasteiger partial charge in [-0.05, 0) is 0 Å². The largest absolute Gasteiger partial charge is 0.467 e. The van der Waals surface area contributed by atoms with Crippen molar-refractivity contribution in [2.24, 2.45) is 0 Å². The van der Waals surface area contributed by atoms with Crippen LogP contribution in [0.5, 0.6) is 0 Å². The number of hydrogen-bond acceptors (Lipinski definition) is 3. The van der Waals surface area contributed by atoms with Gasteiger partial charge >= 0.3 is 5.97 Å². The molecule has 0 fully saturated rings. The Hall–Kier alpha value is -0.710. The van der Waals surface area contributed by atoms with Crippen molar-refractivity contribution in [2.75, 3.05) is 7.11 Å². The molecule has 0 spiro atoms. The second-order valence-corrected chi connectivity index (χ2v) is 1.30. The zero-order valence-electron chi connectivity index (χ0n) is 4.67. The van der Waals surface area contributed by atoms with Crippen LogP contribution in [-0.4, -0.2) is 30.7 Å². The third kappa shape index (κ3) is 2.36. The predicted octanol–water partition coefficient (Wildman–Crippen LogP) is -0.215. The third-order valence-corrected chi connectivity index (χ3v) is 0.681. The molecule has 0 saturated carbocycles. The Balaban J connectivity index is 3.72. The molecule has 0 aromatic heterocycles. The van der Waals surface area contributed by atoms with Crippen molar-refractivity contribution >= 4 is 5.97 Å². The van der Waals surface area contributed by atoms with Gasteiger partial charge in [0.1, 0.15) is 0 Å². The molecule has 0 unspecified atom stereocenters. The Labute approximate surface area is 50.2 Å². The standard InChI is InChI=1S/C4H6F2O3/c1-9-4(8)2(7)3(5)6/h2-3,7H,1H3/t2-/m0/s1. The highest BCUT2D eigenvalue weighted by Crippen LogP contribution is 2.00. The molecule has 0 bridgehead atoms. The summed E-state index contributed by atoms with van der Waals surface area (Å²) in [6.07, 6.45) is -5.38. The highest BCUT2D eigenvalue weighted by molar-refractivity contribution is 5.74. The molecule has 0 radical (unpaired) electrons. The van der Waals surface area contributed by atoms with E-state index >= 15 is 0 Å². The van der Waals surface area contributed by atoms with Gasteiger partial charge in [-0.1, -0.05) is 0 Å². The number of hydrogen-bond donors (Lipinski definition) is 1. The lowest BCUT2D eigenvalue weighted by atomic mass is 10.4. The quantitative estimate of drug-likeness (QED) is 0.539. The molecule has 0 aliphatic heterocycles. The summed E-state index contributed by atoms with van der Waals surface area (Å²) in [5.74, 6) is -1.31. The van der Waals surface area contributed by atoms with Gasteiger partial charge in [-0.3, -0.25) is 0 Å². The van der Waals surface area contributed by atoms with E-state index in [9.17, 15) is 13.6 Å². The normalized spacial score (nSPS) is 13.4. The smallest absolute Gasteiger partial charge is 0.340 e. The van der Waals surface area contributed by atoms with Crippen molar-refractivity contribution in [3.63, 3.8) is 0 Å². The number of aliphatic hydroxyl groups is 1. The lowest BCUT2D eigenvalue weighted by Gasteiger charge is -2.04. The van der Waals surface area contributed by atoms with E-state index in [1.165, 1.54) is 0 Å². The van der Waals surface area contributed by atoms with Crippen LogP contribution in [0.4, 0.5) is 8.78 Å². The first-order chi connectivity index (χ1) is 4.09. The third-order valence-electron chi connectivity index (χ3n) is 0.681. The molecule has 0 aliphatic carbocycles. The average Bonchev–Trinajstić information content (AvgIpc) is 1.84. The highest BCUT2D eigenvalue weighted by Gasteiger charge is 2.25. The second-order valence-electron chi connectivity index (χ2n) is 1.30. The van der Waals surface area contributed by atoms with Gasteiger partial charge in [0.25, 0.3) is 6.43 Å². The van der Waals surface area contributed by atoms with Gasteiger partial charge < -0.3 is 9.84 Å².